The molecule has 0 fully saturated rings. The molecule has 1 amide bonds. The third-order valence-electron chi connectivity index (χ3n) is 2.31. The van der Waals surface area contributed by atoms with Gasteiger partial charge < -0.3 is 15.8 Å². The fraction of sp³-hybridized carbons (Fsp3) is 0.462. The van der Waals surface area contributed by atoms with Gasteiger partial charge in [-0.05, 0) is 26.0 Å². The highest BCUT2D eigenvalue weighted by Gasteiger charge is 2.10. The van der Waals surface area contributed by atoms with Gasteiger partial charge in [0.05, 0.1) is 11.8 Å². The van der Waals surface area contributed by atoms with E-state index >= 15 is 0 Å². The first-order chi connectivity index (χ1) is 9.02. The SMILES string of the molecule is Cc1ccc(OCC(=O)NCC#N)c(CC(C)N)n1. The molecule has 102 valence electrons. The number of amides is 1. The number of nitrogens with two attached hydrogens (primary N) is 1. The number of hydrogen-bond donors (Lipinski definition) is 2. The topological polar surface area (TPSA) is 101 Å². The fourth-order valence-corrected chi connectivity index (χ4v) is 1.51. The fourth-order valence-electron chi connectivity index (χ4n) is 1.51. The van der Waals surface area contributed by atoms with E-state index in [9.17, 15) is 4.79 Å². The number of carbonyl (C=O) groups excluding carboxylic acids is 1. The smallest absolute Gasteiger partial charge is 0.258 e. The molecule has 0 saturated carbocycles. The molecule has 1 aromatic heterocycles. The van der Waals surface area contributed by atoms with Crippen LogP contribution in [0.1, 0.15) is 18.3 Å². The molecular formula is C13H18N4O2. The van der Waals surface area contributed by atoms with E-state index in [-0.39, 0.29) is 25.1 Å². The van der Waals surface area contributed by atoms with Crippen LogP contribution >= 0.6 is 0 Å². The van der Waals surface area contributed by atoms with Crippen LogP contribution in [0.15, 0.2) is 12.1 Å². The summed E-state index contributed by atoms with van der Waals surface area (Å²) in [5.41, 5.74) is 7.37. The van der Waals surface area contributed by atoms with E-state index in [0.29, 0.717) is 12.2 Å². The molecule has 6 heteroatoms. The van der Waals surface area contributed by atoms with Crippen LogP contribution in [-0.2, 0) is 11.2 Å². The van der Waals surface area contributed by atoms with Crippen LogP contribution in [0.2, 0.25) is 0 Å². The number of aromatic nitrogens is 1. The summed E-state index contributed by atoms with van der Waals surface area (Å²) in [5, 5.41) is 10.7. The van der Waals surface area contributed by atoms with Crippen molar-refractivity contribution in [1.82, 2.24) is 10.3 Å². The molecular weight excluding hydrogens is 244 g/mol. The van der Waals surface area contributed by atoms with E-state index in [1.807, 2.05) is 26.0 Å². The molecule has 1 aromatic rings. The quantitative estimate of drug-likeness (QED) is 0.718. The molecule has 3 N–H and O–H groups in total. The lowest BCUT2D eigenvalue weighted by Gasteiger charge is -2.12. The molecule has 0 aliphatic heterocycles. The predicted octanol–water partition coefficient (Wildman–Crippen LogP) is 0.298. The Morgan fingerprint density at radius 3 is 3.00 bits per heavy atom. The minimum absolute atomic E-state index is 0.0268. The molecule has 1 unspecified atom stereocenters. The molecule has 1 heterocycles. The average Bonchev–Trinajstić information content (AvgIpc) is 2.34. The second kappa shape index (κ2) is 7.34. The monoisotopic (exact) mass is 262 g/mol. The van der Waals surface area contributed by atoms with Crippen LogP contribution in [0.4, 0.5) is 0 Å². The third kappa shape index (κ3) is 5.36. The molecule has 1 rings (SSSR count). The summed E-state index contributed by atoms with van der Waals surface area (Å²) in [6.45, 7) is 3.60. The molecule has 0 aliphatic rings. The minimum Gasteiger partial charge on any atom is -0.482 e. The zero-order valence-corrected chi connectivity index (χ0v) is 11.1. The van der Waals surface area contributed by atoms with Crippen LogP contribution in [0.3, 0.4) is 0 Å². The zero-order valence-electron chi connectivity index (χ0n) is 11.1. The van der Waals surface area contributed by atoms with Gasteiger partial charge in [0.2, 0.25) is 0 Å². The standard InChI is InChI=1S/C13H18N4O2/c1-9(15)7-11-12(4-3-10(2)17-11)19-8-13(18)16-6-5-14/h3-4,9H,6-8,15H2,1-2H3,(H,16,18). The van der Waals surface area contributed by atoms with Gasteiger partial charge in [0.1, 0.15) is 12.3 Å². The lowest BCUT2D eigenvalue weighted by atomic mass is 10.1. The third-order valence-corrected chi connectivity index (χ3v) is 2.31. The van der Waals surface area contributed by atoms with Gasteiger partial charge in [-0.1, -0.05) is 0 Å². The summed E-state index contributed by atoms with van der Waals surface area (Å²) in [6.07, 6.45) is 0.580. The van der Waals surface area contributed by atoms with Crippen LogP contribution < -0.4 is 15.8 Å². The summed E-state index contributed by atoms with van der Waals surface area (Å²) in [6, 6.07) is 5.38. The molecule has 0 aliphatic carbocycles. The van der Waals surface area contributed by atoms with Gasteiger partial charge in [0.15, 0.2) is 6.61 Å². The highest BCUT2D eigenvalue weighted by molar-refractivity contribution is 5.77. The van der Waals surface area contributed by atoms with Crippen molar-refractivity contribution >= 4 is 5.91 Å². The van der Waals surface area contributed by atoms with E-state index in [1.165, 1.54) is 0 Å². The van der Waals surface area contributed by atoms with Crippen molar-refractivity contribution in [1.29, 1.82) is 5.26 Å². The molecule has 0 aromatic carbocycles. The Balaban J connectivity index is 2.67. The molecule has 0 saturated heterocycles. The van der Waals surface area contributed by atoms with Gasteiger partial charge >= 0.3 is 0 Å². The van der Waals surface area contributed by atoms with Gasteiger partial charge in [-0.25, -0.2) is 0 Å². The van der Waals surface area contributed by atoms with Gasteiger partial charge in [-0.15, -0.1) is 0 Å². The van der Waals surface area contributed by atoms with E-state index in [0.717, 1.165) is 11.4 Å². The lowest BCUT2D eigenvalue weighted by molar-refractivity contribution is -0.122. The largest absolute Gasteiger partial charge is 0.482 e. The normalized spacial score (nSPS) is 11.5. The Morgan fingerprint density at radius 1 is 1.63 bits per heavy atom. The van der Waals surface area contributed by atoms with Crippen molar-refractivity contribution in [2.24, 2.45) is 5.73 Å². The second-order valence-corrected chi connectivity index (χ2v) is 4.30. The highest BCUT2D eigenvalue weighted by Crippen LogP contribution is 2.18. The van der Waals surface area contributed by atoms with Crippen molar-refractivity contribution < 1.29 is 9.53 Å². The number of rotatable bonds is 6. The van der Waals surface area contributed by atoms with Crippen LogP contribution in [0.5, 0.6) is 5.75 Å². The highest BCUT2D eigenvalue weighted by atomic mass is 16.5. The summed E-state index contributed by atoms with van der Waals surface area (Å²) in [5.74, 6) is 0.212. The maximum atomic E-state index is 11.3. The second-order valence-electron chi connectivity index (χ2n) is 4.30. The summed E-state index contributed by atoms with van der Waals surface area (Å²) >= 11 is 0. The molecule has 0 spiro atoms. The van der Waals surface area contributed by atoms with Gasteiger partial charge in [-0.3, -0.25) is 9.78 Å². The number of hydrogen-bond acceptors (Lipinski definition) is 5. The molecule has 1 atom stereocenters. The maximum absolute atomic E-state index is 11.3. The molecule has 19 heavy (non-hydrogen) atoms. The lowest BCUT2D eigenvalue weighted by Crippen LogP contribution is -2.29. The number of nitrogens with one attached hydrogen (secondary N) is 1. The summed E-state index contributed by atoms with van der Waals surface area (Å²) in [4.78, 5) is 15.7. The van der Waals surface area contributed by atoms with Crippen LogP contribution in [-0.4, -0.2) is 30.1 Å². The van der Waals surface area contributed by atoms with Crippen molar-refractivity contribution in [2.45, 2.75) is 26.3 Å². The molecule has 0 bridgehead atoms. The van der Waals surface area contributed by atoms with Gasteiger partial charge in [0, 0.05) is 18.2 Å². The van der Waals surface area contributed by atoms with Crippen molar-refractivity contribution in [2.75, 3.05) is 13.2 Å². The zero-order chi connectivity index (χ0) is 14.3. The van der Waals surface area contributed by atoms with E-state index < -0.39 is 0 Å². The number of ether oxygens (including phenoxy) is 1. The van der Waals surface area contributed by atoms with Crippen LogP contribution in [0, 0.1) is 18.3 Å². The van der Waals surface area contributed by atoms with Crippen molar-refractivity contribution in [3.63, 3.8) is 0 Å². The first-order valence-corrected chi connectivity index (χ1v) is 6.01. The number of pyridine rings is 1. The first kappa shape index (κ1) is 14.9. The first-order valence-electron chi connectivity index (χ1n) is 6.01. The Bertz CT molecular complexity index is 480. The predicted molar refractivity (Wildman–Crippen MR) is 70.4 cm³/mol. The Hall–Kier alpha value is -2.13. The minimum atomic E-state index is -0.339. The Labute approximate surface area is 112 Å². The summed E-state index contributed by atoms with van der Waals surface area (Å²) in [7, 11) is 0. The number of nitrogens with zero attached hydrogens (tertiary/aromatic N) is 2. The average molecular weight is 262 g/mol. The van der Waals surface area contributed by atoms with Crippen LogP contribution in [0.25, 0.3) is 0 Å². The maximum Gasteiger partial charge on any atom is 0.258 e. The number of nitriles is 1. The Kier molecular flexibility index (Phi) is 5.76. The van der Waals surface area contributed by atoms with Gasteiger partial charge in [-0.2, -0.15) is 5.26 Å². The number of aryl methyl sites for hydroxylation is 1. The molecule has 0 radical (unpaired) electrons. The van der Waals surface area contributed by atoms with Crippen molar-refractivity contribution in [3.8, 4) is 11.8 Å². The van der Waals surface area contributed by atoms with E-state index in [1.54, 1.807) is 6.07 Å². The summed E-state index contributed by atoms with van der Waals surface area (Å²) < 4.78 is 5.41. The van der Waals surface area contributed by atoms with Gasteiger partial charge in [0.25, 0.3) is 5.91 Å². The van der Waals surface area contributed by atoms with E-state index in [4.69, 9.17) is 15.7 Å². The molecule has 6 nitrogen and oxygen atoms in total. The Morgan fingerprint density at radius 2 is 2.37 bits per heavy atom. The van der Waals surface area contributed by atoms with Crippen molar-refractivity contribution in [3.05, 3.63) is 23.5 Å². The number of carbonyl (C=O) groups is 1. The van der Waals surface area contributed by atoms with E-state index in [2.05, 4.69) is 10.3 Å².